The predicted octanol–water partition coefficient (Wildman–Crippen LogP) is 7.09. The number of aromatic hydroxyl groups is 2. The summed E-state index contributed by atoms with van der Waals surface area (Å²) in [6.07, 6.45) is 0.803. The fourth-order valence-electron chi connectivity index (χ4n) is 3.36. The zero-order chi connectivity index (χ0) is 22.3. The Labute approximate surface area is 193 Å². The van der Waals surface area contributed by atoms with Crippen LogP contribution in [0.1, 0.15) is 54.3 Å². The maximum Gasteiger partial charge on any atom is 0.343 e. The van der Waals surface area contributed by atoms with Crippen molar-refractivity contribution in [3.05, 3.63) is 36.8 Å². The van der Waals surface area contributed by atoms with E-state index in [-0.39, 0.29) is 48.5 Å². The summed E-state index contributed by atoms with van der Waals surface area (Å²) in [5.74, 6) is -1.85. The molecule has 0 radical (unpaired) electrons. The molecule has 10 heteroatoms. The number of benzene rings is 2. The van der Waals surface area contributed by atoms with Gasteiger partial charge in [0.05, 0.1) is 17.2 Å². The number of carbonyl (C=O) groups is 1. The van der Waals surface area contributed by atoms with Crippen LogP contribution in [-0.4, -0.2) is 23.3 Å². The molecule has 0 amide bonds. The molecular formula is C20H18Cl4O6. The molecule has 0 spiro atoms. The van der Waals surface area contributed by atoms with Gasteiger partial charge < -0.3 is 24.4 Å². The molecule has 30 heavy (non-hydrogen) atoms. The molecule has 0 saturated carbocycles. The van der Waals surface area contributed by atoms with Crippen LogP contribution in [0.5, 0.6) is 28.7 Å². The van der Waals surface area contributed by atoms with E-state index in [1.54, 1.807) is 6.92 Å². The molecule has 2 N–H and O–H groups in total. The number of hydrogen-bond acceptors (Lipinski definition) is 6. The first-order valence-corrected chi connectivity index (χ1v) is 10.6. The fraction of sp³-hybridized carbons (Fsp3) is 0.350. The molecule has 0 fully saturated rings. The largest absolute Gasteiger partial charge is 0.505 e. The highest BCUT2D eigenvalue weighted by molar-refractivity contribution is 6.40. The van der Waals surface area contributed by atoms with Crippen LogP contribution in [0.4, 0.5) is 0 Å². The summed E-state index contributed by atoms with van der Waals surface area (Å²) < 4.78 is 16.4. The molecule has 0 saturated heterocycles. The van der Waals surface area contributed by atoms with E-state index in [9.17, 15) is 15.0 Å². The van der Waals surface area contributed by atoms with Gasteiger partial charge in [-0.05, 0) is 12.8 Å². The lowest BCUT2D eigenvalue weighted by molar-refractivity contribution is 0.0377. The number of carbonyl (C=O) groups excluding carboxylic acids is 1. The average Bonchev–Trinajstić information content (AvgIpc) is 3.06. The molecule has 162 valence electrons. The Bertz CT molecular complexity index is 1040. The smallest absolute Gasteiger partial charge is 0.343 e. The normalized spacial score (nSPS) is 15.2. The van der Waals surface area contributed by atoms with Crippen LogP contribution < -0.4 is 9.47 Å². The second-order valence-electron chi connectivity index (χ2n) is 6.57. The number of rotatable bonds is 6. The summed E-state index contributed by atoms with van der Waals surface area (Å²) >= 11 is 25.1. The standard InChI is InChI=1S/C20H18Cl4O6/c1-4-6-7-11(21)19(28-3)14(24)16(26)17(7)30-18-10-9(8(5-2)29-20(10)27)12(22)15(25)13(18)23/h8,25-26H,4-6H2,1-3H3. The SMILES string of the molecule is CCCc1c(Cl)c(OC)c(Cl)c(O)c1Oc1c(Cl)c(O)c(Cl)c2c1C(=O)OC2CC. The van der Waals surface area contributed by atoms with Gasteiger partial charge in [-0.25, -0.2) is 4.79 Å². The molecule has 1 unspecified atom stereocenters. The van der Waals surface area contributed by atoms with Crippen LogP contribution in [0.3, 0.4) is 0 Å². The highest BCUT2D eigenvalue weighted by Crippen LogP contribution is 2.55. The van der Waals surface area contributed by atoms with Gasteiger partial charge in [0.2, 0.25) is 0 Å². The Balaban J connectivity index is 2.30. The van der Waals surface area contributed by atoms with Gasteiger partial charge in [-0.2, -0.15) is 0 Å². The van der Waals surface area contributed by atoms with E-state index < -0.39 is 23.6 Å². The first-order chi connectivity index (χ1) is 14.2. The minimum Gasteiger partial charge on any atom is -0.505 e. The number of hydrogen-bond donors (Lipinski definition) is 2. The average molecular weight is 496 g/mol. The van der Waals surface area contributed by atoms with Crippen molar-refractivity contribution in [3.8, 4) is 28.7 Å². The van der Waals surface area contributed by atoms with Gasteiger partial charge in [-0.3, -0.25) is 0 Å². The van der Waals surface area contributed by atoms with Gasteiger partial charge in [-0.1, -0.05) is 66.7 Å². The Morgan fingerprint density at radius 3 is 2.13 bits per heavy atom. The van der Waals surface area contributed by atoms with Gasteiger partial charge in [0, 0.05) is 11.1 Å². The number of phenolic OH excluding ortho intramolecular Hbond substituents is 2. The van der Waals surface area contributed by atoms with E-state index in [2.05, 4.69) is 0 Å². The lowest BCUT2D eigenvalue weighted by Gasteiger charge is -2.20. The third-order valence-corrected chi connectivity index (χ3v) is 6.25. The van der Waals surface area contributed by atoms with Crippen molar-refractivity contribution >= 4 is 52.4 Å². The summed E-state index contributed by atoms with van der Waals surface area (Å²) in [7, 11) is 1.37. The second kappa shape index (κ2) is 8.79. The Morgan fingerprint density at radius 2 is 1.57 bits per heavy atom. The maximum absolute atomic E-state index is 12.6. The summed E-state index contributed by atoms with van der Waals surface area (Å²) in [4.78, 5) is 12.6. The van der Waals surface area contributed by atoms with Crippen molar-refractivity contribution in [1.82, 2.24) is 0 Å². The van der Waals surface area contributed by atoms with Crippen LogP contribution in [-0.2, 0) is 11.2 Å². The van der Waals surface area contributed by atoms with E-state index in [1.165, 1.54) is 7.11 Å². The number of cyclic esters (lactones) is 1. The van der Waals surface area contributed by atoms with E-state index >= 15 is 0 Å². The summed E-state index contributed by atoms with van der Waals surface area (Å²) in [5.41, 5.74) is 0.637. The van der Waals surface area contributed by atoms with E-state index in [0.29, 0.717) is 24.8 Å². The minimum atomic E-state index is -0.710. The molecule has 0 aromatic heterocycles. The molecular weight excluding hydrogens is 478 g/mol. The first kappa shape index (κ1) is 22.9. The molecule has 1 aliphatic rings. The summed E-state index contributed by atoms with van der Waals surface area (Å²) in [6, 6.07) is 0. The van der Waals surface area contributed by atoms with E-state index in [4.69, 9.17) is 60.6 Å². The lowest BCUT2D eigenvalue weighted by Crippen LogP contribution is -2.03. The molecule has 0 aliphatic carbocycles. The monoisotopic (exact) mass is 494 g/mol. The zero-order valence-electron chi connectivity index (χ0n) is 16.2. The molecule has 6 nitrogen and oxygen atoms in total. The third kappa shape index (κ3) is 3.50. The van der Waals surface area contributed by atoms with Crippen molar-refractivity contribution in [3.63, 3.8) is 0 Å². The number of halogens is 4. The summed E-state index contributed by atoms with van der Waals surface area (Å²) in [6.45, 7) is 3.70. The quantitative estimate of drug-likeness (QED) is 0.416. The highest BCUT2D eigenvalue weighted by Gasteiger charge is 2.40. The number of esters is 1. The van der Waals surface area contributed by atoms with Crippen LogP contribution in [0, 0.1) is 0 Å². The first-order valence-electron chi connectivity index (χ1n) is 9.08. The highest BCUT2D eigenvalue weighted by atomic mass is 35.5. The van der Waals surface area contributed by atoms with Crippen LogP contribution in [0.2, 0.25) is 20.1 Å². The van der Waals surface area contributed by atoms with Crippen molar-refractivity contribution in [1.29, 1.82) is 0 Å². The minimum absolute atomic E-state index is 0.0282. The van der Waals surface area contributed by atoms with Gasteiger partial charge in [-0.15, -0.1) is 0 Å². The van der Waals surface area contributed by atoms with Gasteiger partial charge >= 0.3 is 5.97 Å². The molecule has 0 bridgehead atoms. The number of phenols is 2. The zero-order valence-corrected chi connectivity index (χ0v) is 19.3. The van der Waals surface area contributed by atoms with Crippen LogP contribution in [0.15, 0.2) is 0 Å². The van der Waals surface area contributed by atoms with Crippen molar-refractivity contribution in [2.24, 2.45) is 0 Å². The van der Waals surface area contributed by atoms with Crippen molar-refractivity contribution in [2.45, 2.75) is 39.2 Å². The Kier molecular flexibility index (Phi) is 6.72. The van der Waals surface area contributed by atoms with Crippen molar-refractivity contribution in [2.75, 3.05) is 7.11 Å². The summed E-state index contributed by atoms with van der Waals surface area (Å²) in [5, 5.41) is 20.7. The van der Waals surface area contributed by atoms with Crippen LogP contribution >= 0.6 is 46.4 Å². The Hall–Kier alpha value is -1.73. The maximum atomic E-state index is 12.6. The Morgan fingerprint density at radius 1 is 0.933 bits per heavy atom. The fourth-order valence-corrected chi connectivity index (χ4v) is 4.60. The van der Waals surface area contributed by atoms with E-state index in [0.717, 1.165) is 0 Å². The molecule has 2 aromatic carbocycles. The van der Waals surface area contributed by atoms with Crippen LogP contribution in [0.25, 0.3) is 0 Å². The molecule has 1 heterocycles. The second-order valence-corrected chi connectivity index (χ2v) is 8.08. The molecule has 1 atom stereocenters. The molecule has 2 aromatic rings. The third-order valence-electron chi connectivity index (χ3n) is 4.76. The predicted molar refractivity (Wildman–Crippen MR) is 115 cm³/mol. The van der Waals surface area contributed by atoms with Gasteiger partial charge in [0.25, 0.3) is 0 Å². The number of methoxy groups -OCH3 is 1. The van der Waals surface area contributed by atoms with E-state index in [1.807, 2.05) is 6.92 Å². The number of ether oxygens (including phenoxy) is 3. The number of fused-ring (bicyclic) bond motifs is 1. The molecule has 3 rings (SSSR count). The van der Waals surface area contributed by atoms with Gasteiger partial charge in [0.15, 0.2) is 28.7 Å². The van der Waals surface area contributed by atoms with Crippen molar-refractivity contribution < 1.29 is 29.2 Å². The lowest BCUT2D eigenvalue weighted by atomic mass is 10.0. The topological polar surface area (TPSA) is 85.2 Å². The molecule has 1 aliphatic heterocycles. The van der Waals surface area contributed by atoms with Gasteiger partial charge in [0.1, 0.15) is 21.7 Å².